The van der Waals surface area contributed by atoms with E-state index in [1.165, 1.54) is 36.0 Å². The van der Waals surface area contributed by atoms with Crippen molar-refractivity contribution in [1.29, 1.82) is 0 Å². The van der Waals surface area contributed by atoms with Gasteiger partial charge in [0.25, 0.3) is 0 Å². The number of aromatic nitrogens is 1. The molecule has 0 amide bonds. The Kier molecular flexibility index (Phi) is 3.40. The Morgan fingerprint density at radius 2 is 2.05 bits per heavy atom. The number of nitrogens with zero attached hydrogens (tertiary/aromatic N) is 1. The minimum atomic E-state index is -1.15. The Labute approximate surface area is 113 Å². The lowest BCUT2D eigenvalue weighted by molar-refractivity contribution is 0.0686. The molecule has 0 saturated carbocycles. The fourth-order valence-electron chi connectivity index (χ4n) is 1.74. The van der Waals surface area contributed by atoms with E-state index in [4.69, 9.17) is 16.7 Å². The van der Waals surface area contributed by atoms with Crippen molar-refractivity contribution in [2.24, 2.45) is 7.05 Å². The second-order valence-electron chi connectivity index (χ2n) is 3.96. The van der Waals surface area contributed by atoms with Gasteiger partial charge in [0.15, 0.2) is 5.78 Å². The summed E-state index contributed by atoms with van der Waals surface area (Å²) < 4.78 is 14.6. The molecule has 98 valence electrons. The van der Waals surface area contributed by atoms with Gasteiger partial charge >= 0.3 is 5.97 Å². The first-order valence-electron chi connectivity index (χ1n) is 5.30. The molecule has 0 aliphatic heterocycles. The molecule has 2 rings (SSSR count). The Balaban J connectivity index is 2.48. The van der Waals surface area contributed by atoms with Crippen molar-refractivity contribution in [1.82, 2.24) is 4.57 Å². The summed E-state index contributed by atoms with van der Waals surface area (Å²) in [6, 6.07) is 5.13. The molecular weight excluding hydrogens is 273 g/mol. The number of ketones is 1. The van der Waals surface area contributed by atoms with Gasteiger partial charge in [-0.3, -0.25) is 4.79 Å². The maximum Gasteiger partial charge on any atom is 0.352 e. The van der Waals surface area contributed by atoms with E-state index in [9.17, 15) is 14.0 Å². The highest BCUT2D eigenvalue weighted by Gasteiger charge is 2.19. The largest absolute Gasteiger partial charge is 0.477 e. The molecule has 0 bridgehead atoms. The van der Waals surface area contributed by atoms with Crippen molar-refractivity contribution in [2.75, 3.05) is 0 Å². The summed E-state index contributed by atoms with van der Waals surface area (Å²) in [6.45, 7) is 0. The second kappa shape index (κ2) is 4.85. The number of hydrogen-bond donors (Lipinski definition) is 1. The average molecular weight is 282 g/mol. The minimum absolute atomic E-state index is 0.00389. The van der Waals surface area contributed by atoms with E-state index in [1.807, 2.05) is 0 Å². The molecule has 1 heterocycles. The standard InChI is InChI=1S/C13H9ClFNO3/c1-16-6-7(5-10(16)13(18)19)12(17)8-3-2-4-9(15)11(8)14/h2-6H,1H3,(H,18,19). The smallest absolute Gasteiger partial charge is 0.352 e. The van der Waals surface area contributed by atoms with Crippen LogP contribution in [0.1, 0.15) is 26.4 Å². The van der Waals surface area contributed by atoms with Crippen molar-refractivity contribution in [3.8, 4) is 0 Å². The molecule has 2 aromatic rings. The summed E-state index contributed by atoms with van der Waals surface area (Å²) in [4.78, 5) is 23.0. The average Bonchev–Trinajstić information content (AvgIpc) is 2.74. The van der Waals surface area contributed by atoms with Gasteiger partial charge in [-0.2, -0.15) is 0 Å². The first-order chi connectivity index (χ1) is 8.91. The highest BCUT2D eigenvalue weighted by molar-refractivity contribution is 6.35. The summed E-state index contributed by atoms with van der Waals surface area (Å²) >= 11 is 5.73. The number of benzene rings is 1. The Morgan fingerprint density at radius 1 is 1.37 bits per heavy atom. The van der Waals surface area contributed by atoms with Crippen molar-refractivity contribution in [2.45, 2.75) is 0 Å². The Morgan fingerprint density at radius 3 is 2.63 bits per heavy atom. The number of carbonyl (C=O) groups excluding carboxylic acids is 1. The van der Waals surface area contributed by atoms with Gasteiger partial charge in [-0.15, -0.1) is 0 Å². The van der Waals surface area contributed by atoms with Crippen LogP contribution >= 0.6 is 11.6 Å². The van der Waals surface area contributed by atoms with E-state index in [-0.39, 0.29) is 21.8 Å². The lowest BCUT2D eigenvalue weighted by atomic mass is 10.1. The first kappa shape index (κ1) is 13.3. The summed E-state index contributed by atoms with van der Waals surface area (Å²) in [5.41, 5.74) is 0.118. The summed E-state index contributed by atoms with van der Waals surface area (Å²) in [5, 5.41) is 8.64. The Bertz CT molecular complexity index is 679. The quantitative estimate of drug-likeness (QED) is 0.880. The van der Waals surface area contributed by atoms with Crippen LogP contribution in [0.25, 0.3) is 0 Å². The molecule has 19 heavy (non-hydrogen) atoms. The predicted octanol–water partition coefficient (Wildman–Crippen LogP) is 2.75. The number of halogens is 2. The van der Waals surface area contributed by atoms with Crippen LogP contribution in [-0.2, 0) is 7.05 Å². The molecule has 0 saturated heterocycles. The van der Waals surface area contributed by atoms with Gasteiger partial charge in [-0.1, -0.05) is 17.7 Å². The van der Waals surface area contributed by atoms with Gasteiger partial charge in [-0.05, 0) is 18.2 Å². The van der Waals surface area contributed by atoms with Crippen LogP contribution in [0, 0.1) is 5.82 Å². The van der Waals surface area contributed by atoms with Gasteiger partial charge in [0, 0.05) is 24.4 Å². The monoisotopic (exact) mass is 281 g/mol. The van der Waals surface area contributed by atoms with Crippen LogP contribution in [0.5, 0.6) is 0 Å². The molecule has 1 aromatic carbocycles. The van der Waals surface area contributed by atoms with Crippen LogP contribution in [-0.4, -0.2) is 21.4 Å². The third-order valence-corrected chi connectivity index (χ3v) is 3.07. The molecule has 0 aliphatic carbocycles. The van der Waals surface area contributed by atoms with Gasteiger partial charge in [-0.25, -0.2) is 9.18 Å². The molecule has 1 aromatic heterocycles. The van der Waals surface area contributed by atoms with Crippen LogP contribution in [0.4, 0.5) is 4.39 Å². The van der Waals surface area contributed by atoms with E-state index < -0.39 is 17.6 Å². The third kappa shape index (κ3) is 2.37. The second-order valence-corrected chi connectivity index (χ2v) is 4.34. The number of rotatable bonds is 3. The molecule has 4 nitrogen and oxygen atoms in total. The van der Waals surface area contributed by atoms with Gasteiger partial charge in [0.2, 0.25) is 0 Å². The van der Waals surface area contributed by atoms with Crippen LogP contribution in [0.2, 0.25) is 5.02 Å². The normalized spacial score (nSPS) is 10.5. The number of carboxylic acid groups (broad SMARTS) is 1. The number of aryl methyl sites for hydroxylation is 1. The molecule has 0 atom stereocenters. The molecule has 0 unspecified atom stereocenters. The highest BCUT2D eigenvalue weighted by atomic mass is 35.5. The molecule has 0 spiro atoms. The minimum Gasteiger partial charge on any atom is -0.477 e. The fourth-order valence-corrected chi connectivity index (χ4v) is 1.95. The predicted molar refractivity (Wildman–Crippen MR) is 67.2 cm³/mol. The molecule has 0 aliphatic rings. The van der Waals surface area contributed by atoms with Gasteiger partial charge in [0.1, 0.15) is 11.5 Å². The third-order valence-electron chi connectivity index (χ3n) is 2.68. The molecule has 0 radical (unpaired) electrons. The van der Waals surface area contributed by atoms with Crippen molar-refractivity contribution in [3.63, 3.8) is 0 Å². The molecule has 6 heteroatoms. The van der Waals surface area contributed by atoms with Gasteiger partial charge < -0.3 is 9.67 Å². The van der Waals surface area contributed by atoms with Crippen molar-refractivity contribution < 1.29 is 19.1 Å². The maximum atomic E-state index is 13.3. The van der Waals surface area contributed by atoms with Crippen molar-refractivity contribution in [3.05, 3.63) is 58.1 Å². The zero-order valence-corrected chi connectivity index (χ0v) is 10.6. The first-order valence-corrected chi connectivity index (χ1v) is 5.68. The van der Waals surface area contributed by atoms with Crippen LogP contribution in [0.3, 0.4) is 0 Å². The van der Waals surface area contributed by atoms with E-state index in [0.29, 0.717) is 0 Å². The number of carboxylic acids is 1. The van der Waals surface area contributed by atoms with Crippen LogP contribution < -0.4 is 0 Å². The molecule has 1 N–H and O–H groups in total. The lowest BCUT2D eigenvalue weighted by Gasteiger charge is -2.02. The van der Waals surface area contributed by atoms with Gasteiger partial charge in [0.05, 0.1) is 5.02 Å². The molecule has 0 fully saturated rings. The summed E-state index contributed by atoms with van der Waals surface area (Å²) in [7, 11) is 1.51. The number of hydrogen-bond acceptors (Lipinski definition) is 2. The summed E-state index contributed by atoms with van der Waals surface area (Å²) in [6.07, 6.45) is 1.37. The lowest BCUT2D eigenvalue weighted by Crippen LogP contribution is -2.02. The highest BCUT2D eigenvalue weighted by Crippen LogP contribution is 2.23. The SMILES string of the molecule is Cn1cc(C(=O)c2cccc(F)c2Cl)cc1C(=O)O. The van der Waals surface area contributed by atoms with E-state index >= 15 is 0 Å². The summed E-state index contributed by atoms with van der Waals surface area (Å²) in [5.74, 6) is -2.36. The zero-order valence-electron chi connectivity index (χ0n) is 9.85. The fraction of sp³-hybridized carbons (Fsp3) is 0.0769. The topological polar surface area (TPSA) is 59.3 Å². The maximum absolute atomic E-state index is 13.3. The van der Waals surface area contributed by atoms with E-state index in [1.54, 1.807) is 0 Å². The van der Waals surface area contributed by atoms with E-state index in [2.05, 4.69) is 0 Å². The Hall–Kier alpha value is -2.14. The van der Waals surface area contributed by atoms with Crippen LogP contribution in [0.15, 0.2) is 30.5 Å². The number of aromatic carboxylic acids is 1. The van der Waals surface area contributed by atoms with E-state index in [0.717, 1.165) is 6.07 Å². The zero-order chi connectivity index (χ0) is 14.2. The number of carbonyl (C=O) groups is 2. The molecular formula is C13H9ClFNO3. The van der Waals surface area contributed by atoms with Crippen molar-refractivity contribution >= 4 is 23.4 Å².